The maximum atomic E-state index is 12.4. The second kappa shape index (κ2) is 9.23. The first-order chi connectivity index (χ1) is 14.0. The summed E-state index contributed by atoms with van der Waals surface area (Å²) in [5.41, 5.74) is 2.06. The van der Waals surface area contributed by atoms with Crippen molar-refractivity contribution < 1.29 is 19.1 Å². The zero-order valence-corrected chi connectivity index (χ0v) is 15.6. The summed E-state index contributed by atoms with van der Waals surface area (Å²) >= 11 is 0. The Bertz CT molecular complexity index is 1020. The number of anilines is 1. The van der Waals surface area contributed by atoms with Crippen LogP contribution in [-0.2, 0) is 11.3 Å². The molecule has 0 aliphatic heterocycles. The zero-order valence-electron chi connectivity index (χ0n) is 15.6. The molecule has 3 rings (SSSR count). The molecule has 0 unspecified atom stereocenters. The van der Waals surface area contributed by atoms with Gasteiger partial charge in [0.2, 0.25) is 0 Å². The zero-order chi connectivity index (χ0) is 20.6. The van der Waals surface area contributed by atoms with Crippen LogP contribution in [0.4, 0.5) is 5.69 Å². The summed E-state index contributed by atoms with van der Waals surface area (Å²) in [5, 5.41) is 5.52. The monoisotopic (exact) mass is 390 g/mol. The third-order valence-corrected chi connectivity index (χ3v) is 3.82. The van der Waals surface area contributed by atoms with Crippen molar-refractivity contribution in [2.75, 3.05) is 5.32 Å². The van der Waals surface area contributed by atoms with E-state index in [1.807, 2.05) is 0 Å². The Balaban J connectivity index is 1.57. The summed E-state index contributed by atoms with van der Waals surface area (Å²) in [6.45, 7) is 1.61. The van der Waals surface area contributed by atoms with Crippen molar-refractivity contribution in [3.05, 3.63) is 83.9 Å². The Labute approximate surface area is 167 Å². The highest BCUT2D eigenvalue weighted by atomic mass is 16.5. The van der Waals surface area contributed by atoms with E-state index in [2.05, 4.69) is 20.6 Å². The summed E-state index contributed by atoms with van der Waals surface area (Å²) in [6.07, 6.45) is 4.34. The molecule has 0 spiro atoms. The Hall–Kier alpha value is -4.07. The molecule has 0 radical (unpaired) electrons. The van der Waals surface area contributed by atoms with Gasteiger partial charge in [-0.2, -0.15) is 0 Å². The number of nitrogens with one attached hydrogen (secondary N) is 2. The number of carbonyl (C=O) groups is 3. The molecule has 3 aromatic rings. The standard InChI is InChI=1S/C21H18N4O4/c1-14(26)29-18-4-2-3-16(11-18)20(27)25-17-7-5-15(6-8-17)12-24-21(28)19-13-22-9-10-23-19/h2-11,13H,12H2,1H3,(H,24,28)(H,25,27). The van der Waals surface area contributed by atoms with E-state index in [9.17, 15) is 14.4 Å². The normalized spacial score (nSPS) is 10.1. The van der Waals surface area contributed by atoms with E-state index in [1.54, 1.807) is 42.5 Å². The minimum Gasteiger partial charge on any atom is -0.427 e. The molecule has 29 heavy (non-hydrogen) atoms. The number of rotatable bonds is 6. The predicted octanol–water partition coefficient (Wildman–Crippen LogP) is 2.58. The second-order valence-corrected chi connectivity index (χ2v) is 6.05. The van der Waals surface area contributed by atoms with E-state index < -0.39 is 5.97 Å². The number of carbonyl (C=O) groups excluding carboxylic acids is 3. The van der Waals surface area contributed by atoms with Crippen molar-refractivity contribution in [1.29, 1.82) is 0 Å². The summed E-state index contributed by atoms with van der Waals surface area (Å²) in [6, 6.07) is 13.4. The molecule has 8 heteroatoms. The van der Waals surface area contributed by atoms with Gasteiger partial charge >= 0.3 is 5.97 Å². The molecule has 8 nitrogen and oxygen atoms in total. The quantitative estimate of drug-likeness (QED) is 0.494. The van der Waals surface area contributed by atoms with Gasteiger partial charge in [0.15, 0.2) is 0 Å². The van der Waals surface area contributed by atoms with Crippen molar-refractivity contribution in [2.24, 2.45) is 0 Å². The Morgan fingerprint density at radius 2 is 1.79 bits per heavy atom. The minimum atomic E-state index is -0.454. The highest BCUT2D eigenvalue weighted by molar-refractivity contribution is 6.04. The lowest BCUT2D eigenvalue weighted by molar-refractivity contribution is -0.131. The number of ether oxygens (including phenoxy) is 1. The summed E-state index contributed by atoms with van der Waals surface area (Å²) < 4.78 is 4.99. The SMILES string of the molecule is CC(=O)Oc1cccc(C(=O)Nc2ccc(CNC(=O)c3cnccn3)cc2)c1. The first-order valence-corrected chi connectivity index (χ1v) is 8.74. The summed E-state index contributed by atoms with van der Waals surface area (Å²) in [7, 11) is 0. The lowest BCUT2D eigenvalue weighted by atomic mass is 10.1. The van der Waals surface area contributed by atoms with Gasteiger partial charge in [-0.1, -0.05) is 18.2 Å². The van der Waals surface area contributed by atoms with Gasteiger partial charge in [0.05, 0.1) is 6.20 Å². The molecule has 2 N–H and O–H groups in total. The minimum absolute atomic E-state index is 0.243. The van der Waals surface area contributed by atoms with Crippen LogP contribution in [0.1, 0.15) is 33.3 Å². The van der Waals surface area contributed by atoms with Crippen molar-refractivity contribution in [3.63, 3.8) is 0 Å². The van der Waals surface area contributed by atoms with Crippen LogP contribution >= 0.6 is 0 Å². The number of hydrogen-bond donors (Lipinski definition) is 2. The smallest absolute Gasteiger partial charge is 0.308 e. The van der Waals surface area contributed by atoms with E-state index in [4.69, 9.17) is 4.74 Å². The molecule has 0 bridgehead atoms. The maximum Gasteiger partial charge on any atom is 0.308 e. The number of amides is 2. The van der Waals surface area contributed by atoms with Gasteiger partial charge in [-0.25, -0.2) is 4.98 Å². The Kier molecular flexibility index (Phi) is 6.26. The van der Waals surface area contributed by atoms with Crippen molar-refractivity contribution in [1.82, 2.24) is 15.3 Å². The predicted molar refractivity (Wildman–Crippen MR) is 105 cm³/mol. The van der Waals surface area contributed by atoms with Crippen molar-refractivity contribution in [2.45, 2.75) is 13.5 Å². The Morgan fingerprint density at radius 1 is 1.00 bits per heavy atom. The molecule has 0 saturated heterocycles. The fourth-order valence-electron chi connectivity index (χ4n) is 2.47. The van der Waals surface area contributed by atoms with Gasteiger partial charge in [-0.3, -0.25) is 19.4 Å². The lowest BCUT2D eigenvalue weighted by Crippen LogP contribution is -2.23. The van der Waals surface area contributed by atoms with Gasteiger partial charge < -0.3 is 15.4 Å². The van der Waals surface area contributed by atoms with Gasteiger partial charge in [0, 0.05) is 37.1 Å². The molecule has 2 aromatic carbocycles. The van der Waals surface area contributed by atoms with Crippen molar-refractivity contribution in [3.8, 4) is 5.75 Å². The van der Waals surface area contributed by atoms with Crippen LogP contribution in [0, 0.1) is 0 Å². The number of esters is 1. The summed E-state index contributed by atoms with van der Waals surface area (Å²) in [5.74, 6) is -0.797. The molecule has 2 amide bonds. The fraction of sp³-hybridized carbons (Fsp3) is 0.0952. The third-order valence-electron chi connectivity index (χ3n) is 3.82. The molecule has 0 aliphatic rings. The first kappa shape index (κ1) is 19.7. The topological polar surface area (TPSA) is 110 Å². The molecule has 0 atom stereocenters. The number of nitrogens with zero attached hydrogens (tertiary/aromatic N) is 2. The van der Waals surface area contributed by atoms with E-state index in [1.165, 1.54) is 31.6 Å². The molecule has 1 heterocycles. The average Bonchev–Trinajstić information content (AvgIpc) is 2.73. The highest BCUT2D eigenvalue weighted by Gasteiger charge is 2.09. The van der Waals surface area contributed by atoms with Crippen LogP contribution in [0.3, 0.4) is 0 Å². The Morgan fingerprint density at radius 3 is 2.48 bits per heavy atom. The van der Waals surface area contributed by atoms with Crippen LogP contribution in [0.5, 0.6) is 5.75 Å². The van der Waals surface area contributed by atoms with Gasteiger partial charge in [0.1, 0.15) is 11.4 Å². The molecule has 0 saturated carbocycles. The average molecular weight is 390 g/mol. The largest absolute Gasteiger partial charge is 0.427 e. The first-order valence-electron chi connectivity index (χ1n) is 8.74. The number of hydrogen-bond acceptors (Lipinski definition) is 6. The van der Waals surface area contributed by atoms with Crippen LogP contribution in [0.15, 0.2) is 67.1 Å². The molecule has 146 valence electrons. The fourth-order valence-corrected chi connectivity index (χ4v) is 2.47. The molecular weight excluding hydrogens is 372 g/mol. The summed E-state index contributed by atoms with van der Waals surface area (Å²) in [4.78, 5) is 43.2. The van der Waals surface area contributed by atoms with Crippen LogP contribution in [-0.4, -0.2) is 27.8 Å². The van der Waals surface area contributed by atoms with E-state index in [0.717, 1.165) is 5.56 Å². The van der Waals surface area contributed by atoms with Crippen LogP contribution in [0.2, 0.25) is 0 Å². The lowest BCUT2D eigenvalue weighted by Gasteiger charge is -2.09. The molecule has 1 aromatic heterocycles. The van der Waals surface area contributed by atoms with Gasteiger partial charge in [-0.05, 0) is 35.9 Å². The molecular formula is C21H18N4O4. The third kappa shape index (κ3) is 5.70. The van der Waals surface area contributed by atoms with Crippen LogP contribution in [0.25, 0.3) is 0 Å². The van der Waals surface area contributed by atoms with Gasteiger partial charge in [0.25, 0.3) is 11.8 Å². The molecule has 0 fully saturated rings. The van der Waals surface area contributed by atoms with Crippen LogP contribution < -0.4 is 15.4 Å². The van der Waals surface area contributed by atoms with E-state index in [0.29, 0.717) is 23.5 Å². The molecule has 0 aliphatic carbocycles. The second-order valence-electron chi connectivity index (χ2n) is 6.05. The van der Waals surface area contributed by atoms with E-state index >= 15 is 0 Å². The number of aromatic nitrogens is 2. The maximum absolute atomic E-state index is 12.4. The van der Waals surface area contributed by atoms with E-state index in [-0.39, 0.29) is 17.5 Å². The van der Waals surface area contributed by atoms with Gasteiger partial charge in [-0.15, -0.1) is 0 Å². The van der Waals surface area contributed by atoms with Crippen molar-refractivity contribution >= 4 is 23.5 Å². The highest BCUT2D eigenvalue weighted by Crippen LogP contribution is 2.16. The number of benzene rings is 2.